The zero-order valence-corrected chi connectivity index (χ0v) is 34.3. The molecule has 57 heavy (non-hydrogen) atoms. The number of alkyl carbamates (subject to hydrolysis) is 1. The second kappa shape index (κ2) is 17.4. The van der Waals surface area contributed by atoms with Crippen LogP contribution in [0.5, 0.6) is 11.5 Å². The van der Waals surface area contributed by atoms with Crippen LogP contribution in [0.15, 0.2) is 40.2 Å². The molecule has 4 heterocycles. The fourth-order valence-corrected chi connectivity index (χ4v) is 9.23. The van der Waals surface area contributed by atoms with Crippen molar-refractivity contribution in [2.24, 2.45) is 5.92 Å². The average molecular weight is 868 g/mol. The van der Waals surface area contributed by atoms with Gasteiger partial charge in [0.25, 0.3) is 0 Å². The van der Waals surface area contributed by atoms with Crippen LogP contribution < -0.4 is 25.4 Å². The molecule has 4 amide bonds. The lowest BCUT2D eigenvalue weighted by Gasteiger charge is -2.29. The number of aliphatic carboxylic acids is 1. The van der Waals surface area contributed by atoms with Crippen molar-refractivity contribution in [1.82, 2.24) is 25.5 Å². The maximum atomic E-state index is 14.6. The van der Waals surface area contributed by atoms with Crippen LogP contribution in [0.3, 0.4) is 0 Å². The maximum absolute atomic E-state index is 14.6. The number of benzene rings is 1. The number of carbonyl (C=O) groups excluding carboxylic acids is 4. The third kappa shape index (κ3) is 8.88. The summed E-state index contributed by atoms with van der Waals surface area (Å²) in [6.45, 7) is 1.73. The first-order valence-corrected chi connectivity index (χ1v) is 21.3. The molecule has 7 rings (SSSR count). The van der Waals surface area contributed by atoms with E-state index in [2.05, 4.69) is 36.9 Å². The molecule has 5 atom stereocenters. The van der Waals surface area contributed by atoms with Gasteiger partial charge in [-0.3, -0.25) is 14.4 Å². The van der Waals surface area contributed by atoms with E-state index >= 15 is 0 Å². The number of ether oxygens (including phenoxy) is 3. The Kier molecular flexibility index (Phi) is 12.3. The minimum atomic E-state index is -1.48. The monoisotopic (exact) mass is 866 g/mol. The largest absolute Gasteiger partial charge is 0.495 e. The number of carbonyl (C=O) groups is 5. The second-order valence-corrected chi connectivity index (χ2v) is 16.7. The van der Waals surface area contributed by atoms with E-state index in [0.29, 0.717) is 62.7 Å². The third-order valence-corrected chi connectivity index (χ3v) is 12.7. The van der Waals surface area contributed by atoms with Gasteiger partial charge in [-0.15, -0.1) is 11.3 Å². The molecular formula is C40H47BrN6O9S. The van der Waals surface area contributed by atoms with Gasteiger partial charge in [-0.1, -0.05) is 31.9 Å². The first-order valence-electron chi connectivity index (χ1n) is 19.6. The molecule has 4 N–H and O–H groups in total. The Morgan fingerprint density at radius 1 is 1.05 bits per heavy atom. The van der Waals surface area contributed by atoms with Crippen LogP contribution >= 0.6 is 27.3 Å². The molecule has 0 bridgehead atoms. The summed E-state index contributed by atoms with van der Waals surface area (Å²) in [4.78, 5) is 77.5. The molecule has 2 aliphatic carbocycles. The Hall–Kier alpha value is -4.77. The van der Waals surface area contributed by atoms with Crippen molar-refractivity contribution in [3.63, 3.8) is 0 Å². The van der Waals surface area contributed by atoms with Crippen molar-refractivity contribution in [1.29, 1.82) is 0 Å². The number of halogens is 1. The Morgan fingerprint density at radius 2 is 1.84 bits per heavy atom. The molecule has 17 heteroatoms. The maximum Gasteiger partial charge on any atom is 0.408 e. The van der Waals surface area contributed by atoms with Crippen molar-refractivity contribution in [2.75, 3.05) is 19.0 Å². The van der Waals surface area contributed by atoms with Gasteiger partial charge in [0.05, 0.1) is 29.3 Å². The lowest BCUT2D eigenvalue weighted by atomic mass is 10.0. The number of hydrogen-bond acceptors (Lipinski definition) is 11. The normalized spacial score (nSPS) is 26.0. The molecule has 304 valence electrons. The molecule has 15 nitrogen and oxygen atoms in total. The molecule has 4 aliphatic rings. The number of carboxylic acid groups (broad SMARTS) is 1. The standard InChI is InChI=1S/C40H47BrN6O9S/c1-3-32(48)45-38-43-28(21-57-38)27-18-31(25-15-16-30(54-2)33(41)34(25)42-27)55-24-17-29-35(49)46-40(37(51)52)19-22(40)11-7-5-4-6-8-14-26(36(50)47(29)20-24)44-39(53)56-23-12-9-10-13-23/h7,11,15-16,18,21-24,26,29H,3-6,8-10,12-14,17,19-20H2,1-2H3,(H,44,53)(H,46,49)(H,51,52)(H,43,45,48)/b11-7-/t22-,24+,26+,29-,40+/m0/s1. The molecule has 0 unspecified atom stereocenters. The first kappa shape index (κ1) is 40.4. The number of nitrogens with one attached hydrogen (secondary N) is 3. The summed E-state index contributed by atoms with van der Waals surface area (Å²) in [5.41, 5.74) is -0.0270. The van der Waals surface area contributed by atoms with Gasteiger partial charge in [0.2, 0.25) is 17.7 Å². The number of carboxylic acids is 1. The summed E-state index contributed by atoms with van der Waals surface area (Å²) >= 11 is 4.88. The van der Waals surface area contributed by atoms with Crippen molar-refractivity contribution in [3.8, 4) is 22.9 Å². The number of nitrogens with zero attached hydrogens (tertiary/aromatic N) is 3. The zero-order chi connectivity index (χ0) is 40.3. The van der Waals surface area contributed by atoms with Gasteiger partial charge in [0.1, 0.15) is 47.0 Å². The van der Waals surface area contributed by atoms with Crippen LogP contribution in [0.4, 0.5) is 9.93 Å². The average Bonchev–Trinajstić information content (AvgIpc) is 3.62. The molecule has 1 saturated heterocycles. The van der Waals surface area contributed by atoms with E-state index in [9.17, 15) is 29.1 Å². The number of aromatic nitrogens is 2. The lowest BCUT2D eigenvalue weighted by molar-refractivity contribution is -0.145. The smallest absolute Gasteiger partial charge is 0.408 e. The van der Waals surface area contributed by atoms with Gasteiger partial charge >= 0.3 is 12.1 Å². The number of allylic oxidation sites excluding steroid dienone is 1. The van der Waals surface area contributed by atoms with Crippen molar-refractivity contribution in [2.45, 2.75) is 114 Å². The summed E-state index contributed by atoms with van der Waals surface area (Å²) in [5.74, 6) is -1.82. The minimum absolute atomic E-state index is 0.0173. The van der Waals surface area contributed by atoms with Gasteiger partial charge in [0, 0.05) is 35.6 Å². The molecule has 2 aromatic heterocycles. The summed E-state index contributed by atoms with van der Waals surface area (Å²) in [5, 5.41) is 21.5. The molecule has 0 spiro atoms. The van der Waals surface area contributed by atoms with E-state index in [1.165, 1.54) is 16.2 Å². The number of hydrogen-bond donors (Lipinski definition) is 4. The highest BCUT2D eigenvalue weighted by molar-refractivity contribution is 9.10. The zero-order valence-electron chi connectivity index (χ0n) is 31.9. The fourth-order valence-electron chi connectivity index (χ4n) is 7.91. The van der Waals surface area contributed by atoms with Gasteiger partial charge in [-0.2, -0.15) is 0 Å². The molecule has 3 aromatic rings. The van der Waals surface area contributed by atoms with E-state index in [1.54, 1.807) is 37.6 Å². The molecule has 1 aromatic carbocycles. The molecule has 3 fully saturated rings. The van der Waals surface area contributed by atoms with Gasteiger partial charge < -0.3 is 40.2 Å². The number of methoxy groups -OCH3 is 1. The predicted octanol–water partition coefficient (Wildman–Crippen LogP) is 6.34. The number of anilines is 1. The Morgan fingerprint density at radius 3 is 2.60 bits per heavy atom. The van der Waals surface area contributed by atoms with Crippen LogP contribution in [-0.4, -0.2) is 93.2 Å². The Bertz CT molecular complexity index is 2070. The number of amides is 4. The Labute approximate surface area is 342 Å². The number of fused-ring (bicyclic) bond motifs is 3. The van der Waals surface area contributed by atoms with Crippen LogP contribution in [0.1, 0.15) is 84.0 Å². The summed E-state index contributed by atoms with van der Waals surface area (Å²) < 4.78 is 18.5. The number of thiazole rings is 1. The van der Waals surface area contributed by atoms with Gasteiger partial charge in [0.15, 0.2) is 5.13 Å². The van der Waals surface area contributed by atoms with Gasteiger partial charge in [-0.25, -0.2) is 19.6 Å². The lowest BCUT2D eigenvalue weighted by Crippen LogP contribution is -2.56. The van der Waals surface area contributed by atoms with E-state index in [-0.39, 0.29) is 37.3 Å². The molecule has 2 aliphatic heterocycles. The van der Waals surface area contributed by atoms with Crippen LogP contribution in [-0.2, 0) is 23.9 Å². The Balaban J connectivity index is 1.22. The van der Waals surface area contributed by atoms with Crippen LogP contribution in [0, 0.1) is 5.92 Å². The molecule has 0 radical (unpaired) electrons. The molecular weight excluding hydrogens is 820 g/mol. The summed E-state index contributed by atoms with van der Waals surface area (Å²) in [6.07, 6.45) is 9.63. The van der Waals surface area contributed by atoms with E-state index in [1.807, 2.05) is 12.2 Å². The SMILES string of the molecule is CCC(=O)Nc1nc(-c2cc(O[C@@H]3C[C@H]4C(=O)N[C@]5(C(=O)O)C[C@@H]5/C=C\CCCCC[C@@H](NC(=O)OC5CCCC5)C(=O)N4C3)c3ccc(OC)c(Br)c3n2)cs1. The quantitative estimate of drug-likeness (QED) is 0.175. The number of rotatable bonds is 9. The van der Waals surface area contributed by atoms with Gasteiger partial charge in [-0.05, 0) is 79.4 Å². The van der Waals surface area contributed by atoms with Crippen molar-refractivity contribution < 1.29 is 43.3 Å². The predicted molar refractivity (Wildman–Crippen MR) is 215 cm³/mol. The summed E-state index contributed by atoms with van der Waals surface area (Å²) in [6, 6.07) is 3.23. The van der Waals surface area contributed by atoms with Crippen LogP contribution in [0.2, 0.25) is 0 Å². The van der Waals surface area contributed by atoms with E-state index < -0.39 is 47.6 Å². The highest BCUT2D eigenvalue weighted by atomic mass is 79.9. The highest BCUT2D eigenvalue weighted by Crippen LogP contribution is 2.46. The first-order chi connectivity index (χ1) is 27.5. The van der Waals surface area contributed by atoms with Crippen molar-refractivity contribution in [3.05, 3.63) is 40.2 Å². The fraction of sp³-hybridized carbons (Fsp3) is 0.525. The van der Waals surface area contributed by atoms with Crippen LogP contribution in [0.25, 0.3) is 22.3 Å². The topological polar surface area (TPSA) is 198 Å². The third-order valence-electron chi connectivity index (χ3n) is 11.2. The van der Waals surface area contributed by atoms with E-state index in [4.69, 9.17) is 19.2 Å². The summed E-state index contributed by atoms with van der Waals surface area (Å²) in [7, 11) is 1.54. The minimum Gasteiger partial charge on any atom is -0.495 e. The molecule has 2 saturated carbocycles. The van der Waals surface area contributed by atoms with E-state index in [0.717, 1.165) is 44.9 Å². The highest BCUT2D eigenvalue weighted by Gasteiger charge is 2.61. The second-order valence-electron chi connectivity index (χ2n) is 15.1. The van der Waals surface area contributed by atoms with Crippen molar-refractivity contribution >= 4 is 73.1 Å². The number of pyridine rings is 1.